The number of methoxy groups -OCH3 is 1. The number of carbonyl (C=O) groups excluding carboxylic acids is 2. The van der Waals surface area contributed by atoms with Crippen molar-refractivity contribution in [2.75, 3.05) is 7.11 Å². The Morgan fingerprint density at radius 1 is 1.23 bits per heavy atom. The molecule has 1 atom stereocenters. The van der Waals surface area contributed by atoms with Crippen molar-refractivity contribution in [2.45, 2.75) is 25.8 Å². The summed E-state index contributed by atoms with van der Waals surface area (Å²) in [6.07, 6.45) is 0.974. The second-order valence-corrected chi connectivity index (χ2v) is 6.11. The molecule has 0 aliphatic rings. The van der Waals surface area contributed by atoms with E-state index in [0.29, 0.717) is 11.1 Å². The zero-order valence-corrected chi connectivity index (χ0v) is 13.5. The minimum atomic E-state index is -0.421. The van der Waals surface area contributed by atoms with Gasteiger partial charge in [0, 0.05) is 17.3 Å². The molecule has 0 aliphatic carbocycles. The predicted octanol–water partition coefficient (Wildman–Crippen LogP) is 2.82. The van der Waals surface area contributed by atoms with E-state index in [9.17, 15) is 9.59 Å². The summed E-state index contributed by atoms with van der Waals surface area (Å²) in [5.74, 6) is -0.518. The van der Waals surface area contributed by atoms with E-state index >= 15 is 0 Å². The number of hydrogen-bond acceptors (Lipinski definition) is 4. The van der Waals surface area contributed by atoms with Crippen LogP contribution in [0.15, 0.2) is 41.8 Å². The molecular formula is C17H19NO3S. The molecule has 2 aromatic rings. The van der Waals surface area contributed by atoms with Crippen molar-refractivity contribution in [2.24, 2.45) is 0 Å². The highest BCUT2D eigenvalue weighted by molar-refractivity contribution is 7.09. The van der Waals surface area contributed by atoms with Crippen LogP contribution in [0.1, 0.15) is 27.7 Å². The maximum absolute atomic E-state index is 12.2. The first-order valence-corrected chi connectivity index (χ1v) is 7.96. The van der Waals surface area contributed by atoms with E-state index in [1.54, 1.807) is 29.5 Å². The van der Waals surface area contributed by atoms with Gasteiger partial charge in [-0.25, -0.2) is 4.79 Å². The zero-order valence-electron chi connectivity index (χ0n) is 12.7. The number of hydrogen-bond donors (Lipinski definition) is 1. The van der Waals surface area contributed by atoms with Gasteiger partial charge in [-0.15, -0.1) is 11.3 Å². The molecule has 0 fully saturated rings. The summed E-state index contributed by atoms with van der Waals surface area (Å²) < 4.78 is 4.74. The number of esters is 1. The Morgan fingerprint density at radius 3 is 2.68 bits per heavy atom. The fourth-order valence-electron chi connectivity index (χ4n) is 2.26. The van der Waals surface area contributed by atoms with Crippen LogP contribution < -0.4 is 5.32 Å². The Balaban J connectivity index is 1.96. The number of benzene rings is 1. The van der Waals surface area contributed by atoms with Crippen LogP contribution in [0.2, 0.25) is 0 Å². The highest BCUT2D eigenvalue weighted by Crippen LogP contribution is 2.13. The molecule has 1 N–H and O–H groups in total. The van der Waals surface area contributed by atoms with Crippen LogP contribution in [-0.2, 0) is 22.4 Å². The Kier molecular flexibility index (Phi) is 5.72. The van der Waals surface area contributed by atoms with Crippen molar-refractivity contribution < 1.29 is 14.3 Å². The van der Waals surface area contributed by atoms with Crippen LogP contribution >= 0.6 is 11.3 Å². The second kappa shape index (κ2) is 7.75. The lowest BCUT2D eigenvalue weighted by atomic mass is 10.0. The average molecular weight is 317 g/mol. The van der Waals surface area contributed by atoms with Crippen molar-refractivity contribution in [3.05, 3.63) is 57.8 Å². The van der Waals surface area contributed by atoms with Gasteiger partial charge < -0.3 is 10.1 Å². The van der Waals surface area contributed by atoms with Gasteiger partial charge >= 0.3 is 5.97 Å². The molecule has 0 bridgehead atoms. The first-order valence-electron chi connectivity index (χ1n) is 7.08. The Hall–Kier alpha value is -2.14. The molecule has 1 amide bonds. The first kappa shape index (κ1) is 16.2. The third-order valence-corrected chi connectivity index (χ3v) is 4.17. The van der Waals surface area contributed by atoms with Crippen LogP contribution in [0.3, 0.4) is 0 Å². The summed E-state index contributed by atoms with van der Waals surface area (Å²) in [4.78, 5) is 25.1. The standard InChI is InChI=1S/C17H19NO3S/c1-12(10-14-7-5-9-22-14)18-16(19)11-13-6-3-4-8-15(13)17(20)21-2/h3-9,12H,10-11H2,1-2H3,(H,18,19)/t12-/m0/s1. The molecule has 0 spiro atoms. The molecule has 4 nitrogen and oxygen atoms in total. The third-order valence-electron chi connectivity index (χ3n) is 3.27. The van der Waals surface area contributed by atoms with Crippen LogP contribution in [0.5, 0.6) is 0 Å². The lowest BCUT2D eigenvalue weighted by molar-refractivity contribution is -0.121. The molecule has 22 heavy (non-hydrogen) atoms. The summed E-state index contributed by atoms with van der Waals surface area (Å²) in [5.41, 5.74) is 1.11. The SMILES string of the molecule is COC(=O)c1ccccc1CC(=O)N[C@@H](C)Cc1cccs1. The van der Waals surface area contributed by atoms with Crippen LogP contribution in [0.4, 0.5) is 0 Å². The number of thiophene rings is 1. The van der Waals surface area contributed by atoms with Crippen LogP contribution in [-0.4, -0.2) is 25.0 Å². The first-order chi connectivity index (χ1) is 10.6. The Labute approximate surface area is 134 Å². The highest BCUT2D eigenvalue weighted by Gasteiger charge is 2.15. The van der Waals surface area contributed by atoms with E-state index in [4.69, 9.17) is 4.74 Å². The van der Waals surface area contributed by atoms with Gasteiger partial charge in [0.2, 0.25) is 5.91 Å². The second-order valence-electron chi connectivity index (χ2n) is 5.08. The van der Waals surface area contributed by atoms with E-state index < -0.39 is 5.97 Å². The molecule has 0 saturated heterocycles. The van der Waals surface area contributed by atoms with Gasteiger partial charge in [-0.2, -0.15) is 0 Å². The molecule has 5 heteroatoms. The molecule has 0 unspecified atom stereocenters. The van der Waals surface area contributed by atoms with Crippen molar-refractivity contribution in [3.8, 4) is 0 Å². The highest BCUT2D eigenvalue weighted by atomic mass is 32.1. The van der Waals surface area contributed by atoms with Gasteiger partial charge in [-0.1, -0.05) is 24.3 Å². The Bertz CT molecular complexity index is 637. The molecule has 1 aromatic heterocycles. The molecule has 1 heterocycles. The van der Waals surface area contributed by atoms with Crippen LogP contribution in [0, 0.1) is 0 Å². The topological polar surface area (TPSA) is 55.4 Å². The fourth-order valence-corrected chi connectivity index (χ4v) is 3.10. The average Bonchev–Trinajstić information content (AvgIpc) is 2.99. The van der Waals surface area contributed by atoms with Crippen molar-refractivity contribution in [1.29, 1.82) is 0 Å². The van der Waals surface area contributed by atoms with E-state index in [-0.39, 0.29) is 18.4 Å². The Morgan fingerprint density at radius 2 is 2.00 bits per heavy atom. The molecule has 116 valence electrons. The number of rotatable bonds is 6. The number of amides is 1. The fraction of sp³-hybridized carbons (Fsp3) is 0.294. The summed E-state index contributed by atoms with van der Waals surface area (Å²) in [6, 6.07) is 11.1. The quantitative estimate of drug-likeness (QED) is 0.834. The monoisotopic (exact) mass is 317 g/mol. The van der Waals surface area contributed by atoms with E-state index in [0.717, 1.165) is 6.42 Å². The smallest absolute Gasteiger partial charge is 0.338 e. The van der Waals surface area contributed by atoms with Gasteiger partial charge in [0.05, 0.1) is 19.1 Å². The molecule has 2 rings (SSSR count). The van der Waals surface area contributed by atoms with Crippen LogP contribution in [0.25, 0.3) is 0 Å². The number of carbonyl (C=O) groups is 2. The predicted molar refractivity (Wildman–Crippen MR) is 87.1 cm³/mol. The lowest BCUT2D eigenvalue weighted by Gasteiger charge is -2.14. The van der Waals surface area contributed by atoms with Gasteiger partial charge in [-0.3, -0.25) is 4.79 Å². The summed E-state index contributed by atoms with van der Waals surface area (Å²) >= 11 is 1.68. The van der Waals surface area contributed by atoms with E-state index in [1.165, 1.54) is 12.0 Å². The maximum Gasteiger partial charge on any atom is 0.338 e. The number of nitrogens with one attached hydrogen (secondary N) is 1. The summed E-state index contributed by atoms with van der Waals surface area (Å²) in [6.45, 7) is 1.98. The van der Waals surface area contributed by atoms with Crippen molar-refractivity contribution >= 4 is 23.2 Å². The number of ether oxygens (including phenoxy) is 1. The zero-order chi connectivity index (χ0) is 15.9. The molecule has 1 aromatic carbocycles. The molecule has 0 aliphatic heterocycles. The molecule has 0 radical (unpaired) electrons. The summed E-state index contributed by atoms with van der Waals surface area (Å²) in [7, 11) is 1.34. The normalized spacial score (nSPS) is 11.7. The lowest BCUT2D eigenvalue weighted by Crippen LogP contribution is -2.35. The van der Waals surface area contributed by atoms with Gasteiger partial charge in [0.1, 0.15) is 0 Å². The van der Waals surface area contributed by atoms with E-state index in [1.807, 2.05) is 24.4 Å². The third kappa shape index (κ3) is 4.43. The van der Waals surface area contributed by atoms with Crippen molar-refractivity contribution in [3.63, 3.8) is 0 Å². The van der Waals surface area contributed by atoms with Gasteiger partial charge in [0.25, 0.3) is 0 Å². The minimum Gasteiger partial charge on any atom is -0.465 e. The minimum absolute atomic E-state index is 0.0523. The largest absolute Gasteiger partial charge is 0.465 e. The van der Waals surface area contributed by atoms with Crippen molar-refractivity contribution in [1.82, 2.24) is 5.32 Å². The van der Waals surface area contributed by atoms with Gasteiger partial charge in [0.15, 0.2) is 0 Å². The van der Waals surface area contributed by atoms with Gasteiger partial charge in [-0.05, 0) is 30.0 Å². The summed E-state index contributed by atoms with van der Waals surface area (Å²) in [5, 5.41) is 4.99. The molecular weight excluding hydrogens is 298 g/mol. The van der Waals surface area contributed by atoms with E-state index in [2.05, 4.69) is 11.4 Å². The molecule has 0 saturated carbocycles. The maximum atomic E-state index is 12.2.